The molecule has 5 rings (SSSR count). The third-order valence-corrected chi connectivity index (χ3v) is 7.05. The Morgan fingerprint density at radius 3 is 2.44 bits per heavy atom. The number of carbonyl (C=O) groups is 1. The highest BCUT2D eigenvalue weighted by atomic mass is 35.5. The van der Waals surface area contributed by atoms with Gasteiger partial charge in [0.1, 0.15) is 11.5 Å². The molecule has 7 nitrogen and oxygen atoms in total. The third kappa shape index (κ3) is 3.94. The number of rotatable bonds is 7. The van der Waals surface area contributed by atoms with Crippen molar-refractivity contribution in [3.8, 4) is 11.1 Å². The summed E-state index contributed by atoms with van der Waals surface area (Å²) in [6.45, 7) is 0. The van der Waals surface area contributed by atoms with Crippen LogP contribution in [0.2, 0.25) is 5.02 Å². The summed E-state index contributed by atoms with van der Waals surface area (Å²) in [4.78, 5) is 21.1. The summed E-state index contributed by atoms with van der Waals surface area (Å²) >= 11 is 5.85. The Kier molecular flexibility index (Phi) is 5.11. The number of H-pyrrole nitrogens is 1. The number of nitrogens with zero attached hydrogens (tertiary/aromatic N) is 2. The van der Waals surface area contributed by atoms with Crippen LogP contribution in [-0.2, 0) is 14.8 Å². The summed E-state index contributed by atoms with van der Waals surface area (Å²) < 4.78 is 27.8. The lowest BCUT2D eigenvalue weighted by molar-refractivity contribution is -0.107. The highest BCUT2D eigenvalue weighted by Gasteiger charge is 2.30. The van der Waals surface area contributed by atoms with Crippen molar-refractivity contribution in [1.29, 1.82) is 0 Å². The molecule has 1 aliphatic rings. The molecule has 0 bridgehead atoms. The molecule has 1 saturated carbocycles. The van der Waals surface area contributed by atoms with Crippen LogP contribution < -0.4 is 9.62 Å². The summed E-state index contributed by atoms with van der Waals surface area (Å²) in [7, 11) is -3.73. The Labute approximate surface area is 190 Å². The normalized spacial score (nSPS) is 13.8. The summed E-state index contributed by atoms with van der Waals surface area (Å²) in [5.74, 6) is 0.597. The van der Waals surface area contributed by atoms with Gasteiger partial charge in [0.2, 0.25) is 6.41 Å². The number of anilines is 2. The van der Waals surface area contributed by atoms with Crippen LogP contribution in [0.1, 0.15) is 12.8 Å². The molecule has 1 aliphatic carbocycles. The minimum atomic E-state index is -3.73. The Balaban J connectivity index is 1.47. The van der Waals surface area contributed by atoms with Crippen LogP contribution in [0.3, 0.4) is 0 Å². The lowest BCUT2D eigenvalue weighted by Crippen LogP contribution is -2.24. The largest absolute Gasteiger partial charge is 0.346 e. The lowest BCUT2D eigenvalue weighted by Gasteiger charge is -2.17. The van der Waals surface area contributed by atoms with Gasteiger partial charge in [-0.3, -0.25) is 14.4 Å². The van der Waals surface area contributed by atoms with Gasteiger partial charge in [0.25, 0.3) is 10.0 Å². The van der Waals surface area contributed by atoms with Gasteiger partial charge in [0, 0.05) is 28.3 Å². The molecule has 1 fully saturated rings. The predicted molar refractivity (Wildman–Crippen MR) is 125 cm³/mol. The molecule has 1 amide bonds. The highest BCUT2D eigenvalue weighted by Crippen LogP contribution is 2.35. The summed E-state index contributed by atoms with van der Waals surface area (Å²) in [5.41, 5.74) is 2.92. The van der Waals surface area contributed by atoms with E-state index in [1.165, 1.54) is 24.3 Å². The number of carbonyl (C=O) groups excluding carboxylic acids is 1. The van der Waals surface area contributed by atoms with Crippen molar-refractivity contribution >= 4 is 50.6 Å². The van der Waals surface area contributed by atoms with Crippen molar-refractivity contribution in [2.75, 3.05) is 9.62 Å². The first kappa shape index (κ1) is 20.5. The zero-order valence-corrected chi connectivity index (χ0v) is 18.4. The van der Waals surface area contributed by atoms with Crippen LogP contribution in [0.5, 0.6) is 0 Å². The van der Waals surface area contributed by atoms with Gasteiger partial charge in [-0.25, -0.2) is 13.4 Å². The molecule has 32 heavy (non-hydrogen) atoms. The molecule has 2 aromatic carbocycles. The number of nitrogens with one attached hydrogen (secondary N) is 2. The van der Waals surface area contributed by atoms with Crippen LogP contribution in [0.15, 0.2) is 71.8 Å². The van der Waals surface area contributed by atoms with Gasteiger partial charge in [-0.15, -0.1) is 0 Å². The number of pyridine rings is 1. The van der Waals surface area contributed by atoms with Gasteiger partial charge in [-0.2, -0.15) is 0 Å². The second-order valence-electron chi connectivity index (χ2n) is 7.65. The van der Waals surface area contributed by atoms with E-state index in [9.17, 15) is 13.2 Å². The molecule has 2 N–H and O–H groups in total. The molecule has 9 heteroatoms. The van der Waals surface area contributed by atoms with E-state index < -0.39 is 10.0 Å². The van der Waals surface area contributed by atoms with Gasteiger partial charge in [0.15, 0.2) is 0 Å². The van der Waals surface area contributed by atoms with E-state index >= 15 is 0 Å². The Morgan fingerprint density at radius 2 is 1.78 bits per heavy atom. The van der Waals surface area contributed by atoms with E-state index in [4.69, 9.17) is 11.6 Å². The highest BCUT2D eigenvalue weighted by molar-refractivity contribution is 7.92. The quantitative estimate of drug-likeness (QED) is 0.382. The molecule has 0 saturated heterocycles. The molecule has 2 aromatic heterocycles. The standard InChI is InChI=1S/C23H19ClN4O3S/c24-16-3-9-19(10-4-16)32(30,31)27-17-5-1-15(2-6-17)21-13-22(28(14-29)18-7-8-18)26-23-20(21)11-12-25-23/h1-6,9-14,18,27H,7-8H2,(H,25,26). The SMILES string of the molecule is O=CN(c1cc(-c2ccc(NS(=O)(=O)c3ccc(Cl)cc3)cc2)c2cc[nH]c2n1)C1CC1. The van der Waals surface area contributed by atoms with Crippen molar-refractivity contribution in [1.82, 2.24) is 9.97 Å². The first-order valence-electron chi connectivity index (χ1n) is 10.1. The number of aromatic amines is 1. The van der Waals surface area contributed by atoms with E-state index in [1.54, 1.807) is 17.0 Å². The number of fused-ring (bicyclic) bond motifs is 1. The average Bonchev–Trinajstić information content (AvgIpc) is 3.50. The minimum Gasteiger partial charge on any atom is -0.346 e. The third-order valence-electron chi connectivity index (χ3n) is 5.41. The molecular formula is C23H19ClN4O3S. The van der Waals surface area contributed by atoms with Crippen molar-refractivity contribution in [3.05, 3.63) is 71.9 Å². The van der Waals surface area contributed by atoms with E-state index in [1.807, 2.05) is 30.5 Å². The lowest BCUT2D eigenvalue weighted by atomic mass is 10.0. The summed E-state index contributed by atoms with van der Waals surface area (Å²) in [6.07, 6.45) is 4.58. The van der Waals surface area contributed by atoms with Crippen molar-refractivity contribution in [2.24, 2.45) is 0 Å². The van der Waals surface area contributed by atoms with Crippen LogP contribution in [0.25, 0.3) is 22.2 Å². The number of sulfonamides is 1. The average molecular weight is 467 g/mol. The van der Waals surface area contributed by atoms with Gasteiger partial charge in [0.05, 0.1) is 4.90 Å². The number of amides is 1. The van der Waals surface area contributed by atoms with Crippen molar-refractivity contribution in [2.45, 2.75) is 23.8 Å². The van der Waals surface area contributed by atoms with E-state index in [-0.39, 0.29) is 10.9 Å². The Hall–Kier alpha value is -3.36. The molecular weight excluding hydrogens is 448 g/mol. The summed E-state index contributed by atoms with van der Waals surface area (Å²) in [5, 5.41) is 1.39. The second kappa shape index (κ2) is 7.96. The maximum absolute atomic E-state index is 12.6. The molecule has 0 unspecified atom stereocenters. The topological polar surface area (TPSA) is 95.2 Å². The zero-order valence-electron chi connectivity index (χ0n) is 16.8. The fourth-order valence-corrected chi connectivity index (χ4v) is 4.81. The second-order valence-corrected chi connectivity index (χ2v) is 9.77. The van der Waals surface area contributed by atoms with Crippen LogP contribution in [0, 0.1) is 0 Å². The van der Waals surface area contributed by atoms with Crippen LogP contribution in [0.4, 0.5) is 11.5 Å². The van der Waals surface area contributed by atoms with E-state index in [0.717, 1.165) is 35.8 Å². The Bertz CT molecular complexity index is 1400. The van der Waals surface area contributed by atoms with E-state index in [0.29, 0.717) is 22.2 Å². The first-order chi connectivity index (χ1) is 15.4. The first-order valence-corrected chi connectivity index (χ1v) is 11.9. The smallest absolute Gasteiger partial charge is 0.261 e. The number of hydrogen-bond acceptors (Lipinski definition) is 4. The number of benzene rings is 2. The number of halogens is 1. The molecule has 4 aromatic rings. The van der Waals surface area contributed by atoms with Crippen LogP contribution in [-0.4, -0.2) is 30.8 Å². The van der Waals surface area contributed by atoms with Gasteiger partial charge in [-0.05, 0) is 72.5 Å². The fraction of sp³-hybridized carbons (Fsp3) is 0.130. The monoisotopic (exact) mass is 466 g/mol. The van der Waals surface area contributed by atoms with Crippen molar-refractivity contribution < 1.29 is 13.2 Å². The van der Waals surface area contributed by atoms with Crippen molar-refractivity contribution in [3.63, 3.8) is 0 Å². The number of hydrogen-bond donors (Lipinski definition) is 2. The molecule has 0 spiro atoms. The maximum Gasteiger partial charge on any atom is 0.261 e. The minimum absolute atomic E-state index is 0.132. The predicted octanol–water partition coefficient (Wildman–Crippen LogP) is 4.81. The molecule has 162 valence electrons. The van der Waals surface area contributed by atoms with Gasteiger partial charge in [-0.1, -0.05) is 23.7 Å². The molecule has 0 aliphatic heterocycles. The number of aromatic nitrogens is 2. The molecule has 0 atom stereocenters. The van der Waals surface area contributed by atoms with Crippen LogP contribution >= 0.6 is 11.6 Å². The van der Waals surface area contributed by atoms with Gasteiger partial charge < -0.3 is 4.98 Å². The summed E-state index contributed by atoms with van der Waals surface area (Å²) in [6, 6.07) is 17.1. The zero-order chi connectivity index (χ0) is 22.3. The molecule has 0 radical (unpaired) electrons. The van der Waals surface area contributed by atoms with Gasteiger partial charge >= 0.3 is 0 Å². The maximum atomic E-state index is 12.6. The molecule has 2 heterocycles. The van der Waals surface area contributed by atoms with E-state index in [2.05, 4.69) is 14.7 Å². The Morgan fingerprint density at radius 1 is 1.06 bits per heavy atom. The fourth-order valence-electron chi connectivity index (χ4n) is 3.62.